The number of rotatable bonds is 5. The van der Waals surface area contributed by atoms with Crippen LogP contribution in [0.2, 0.25) is 0 Å². The molecule has 0 aliphatic heterocycles. The smallest absolute Gasteiger partial charge is 0.208 e. The van der Waals surface area contributed by atoms with Crippen molar-refractivity contribution >= 4 is 29.1 Å². The molecule has 29 heavy (non-hydrogen) atoms. The van der Waals surface area contributed by atoms with Gasteiger partial charge in [-0.3, -0.25) is 0 Å². The van der Waals surface area contributed by atoms with E-state index in [9.17, 15) is 9.50 Å². The van der Waals surface area contributed by atoms with Crippen LogP contribution in [0.5, 0.6) is 17.4 Å². The standard InChI is InChI=1S/C23H16FNO2S2/c1-14(21-22(26)25-23(28)29-21)16-10-17(15-6-5-7-18(24)11-15)13-20(12-16)27-19-8-3-2-4-9-19/h2-13,26H,1H2,(H,25,28). The van der Waals surface area contributed by atoms with Gasteiger partial charge >= 0.3 is 0 Å². The molecule has 4 rings (SSSR count). The number of hydrogen-bond donors (Lipinski definition) is 2. The fourth-order valence-electron chi connectivity index (χ4n) is 2.95. The highest BCUT2D eigenvalue weighted by Gasteiger charge is 2.14. The molecule has 0 fully saturated rings. The molecule has 0 spiro atoms. The molecule has 144 valence electrons. The second-order valence-electron chi connectivity index (χ2n) is 6.34. The average molecular weight is 422 g/mol. The first-order valence-corrected chi connectivity index (χ1v) is 9.98. The molecular formula is C23H16FNO2S2. The molecule has 0 atom stereocenters. The number of aromatic hydroxyl groups is 1. The molecule has 3 nitrogen and oxygen atoms in total. The minimum Gasteiger partial charge on any atom is -0.494 e. The summed E-state index contributed by atoms with van der Waals surface area (Å²) in [6, 6.07) is 21.3. The van der Waals surface area contributed by atoms with Gasteiger partial charge in [0.2, 0.25) is 5.88 Å². The van der Waals surface area contributed by atoms with Gasteiger partial charge in [0, 0.05) is 0 Å². The Labute approximate surface area is 176 Å². The van der Waals surface area contributed by atoms with Gasteiger partial charge in [0.05, 0.1) is 4.88 Å². The van der Waals surface area contributed by atoms with Gasteiger partial charge in [-0.25, -0.2) is 4.39 Å². The maximum Gasteiger partial charge on any atom is 0.208 e. The van der Waals surface area contributed by atoms with E-state index in [0.29, 0.717) is 31.5 Å². The van der Waals surface area contributed by atoms with Gasteiger partial charge < -0.3 is 14.8 Å². The zero-order valence-electron chi connectivity index (χ0n) is 15.2. The first-order chi connectivity index (χ1) is 14.0. The largest absolute Gasteiger partial charge is 0.494 e. The quantitative estimate of drug-likeness (QED) is 0.336. The summed E-state index contributed by atoms with van der Waals surface area (Å²) in [6.07, 6.45) is 0. The molecule has 2 N–H and O–H groups in total. The first kappa shape index (κ1) is 19.1. The van der Waals surface area contributed by atoms with Crippen molar-refractivity contribution in [2.45, 2.75) is 0 Å². The predicted molar refractivity (Wildman–Crippen MR) is 118 cm³/mol. The van der Waals surface area contributed by atoms with Crippen molar-refractivity contribution in [3.63, 3.8) is 0 Å². The Balaban J connectivity index is 1.82. The number of H-pyrrole nitrogens is 1. The van der Waals surface area contributed by atoms with Crippen LogP contribution in [0.1, 0.15) is 10.4 Å². The van der Waals surface area contributed by atoms with E-state index in [-0.39, 0.29) is 11.7 Å². The third-order valence-electron chi connectivity index (χ3n) is 4.30. The van der Waals surface area contributed by atoms with Crippen molar-refractivity contribution in [2.24, 2.45) is 0 Å². The molecule has 0 radical (unpaired) electrons. The van der Waals surface area contributed by atoms with Crippen LogP contribution in [0.4, 0.5) is 4.39 Å². The predicted octanol–water partition coefficient (Wildman–Crippen LogP) is 7.17. The van der Waals surface area contributed by atoms with E-state index in [1.807, 2.05) is 54.6 Å². The summed E-state index contributed by atoms with van der Waals surface area (Å²) in [4.78, 5) is 3.27. The van der Waals surface area contributed by atoms with Crippen molar-refractivity contribution in [2.75, 3.05) is 0 Å². The van der Waals surface area contributed by atoms with Crippen LogP contribution in [0.25, 0.3) is 16.7 Å². The fraction of sp³-hybridized carbons (Fsp3) is 0. The minimum atomic E-state index is -0.321. The Morgan fingerprint density at radius 3 is 2.45 bits per heavy atom. The van der Waals surface area contributed by atoms with Crippen molar-refractivity contribution < 1.29 is 14.2 Å². The maximum absolute atomic E-state index is 13.8. The molecule has 0 saturated carbocycles. The van der Waals surface area contributed by atoms with Crippen LogP contribution in [-0.4, -0.2) is 10.1 Å². The Bertz CT molecular complexity index is 1250. The number of aromatic amines is 1. The lowest BCUT2D eigenvalue weighted by molar-refractivity contribution is 0.455. The van der Waals surface area contributed by atoms with E-state index >= 15 is 0 Å². The van der Waals surface area contributed by atoms with E-state index in [0.717, 1.165) is 11.1 Å². The number of ether oxygens (including phenoxy) is 1. The zero-order valence-corrected chi connectivity index (χ0v) is 16.8. The number of thiazole rings is 1. The molecule has 1 heterocycles. The summed E-state index contributed by atoms with van der Waals surface area (Å²) >= 11 is 6.35. The fourth-order valence-corrected chi connectivity index (χ4v) is 4.02. The van der Waals surface area contributed by atoms with E-state index in [1.165, 1.54) is 23.5 Å². The summed E-state index contributed by atoms with van der Waals surface area (Å²) in [5.41, 5.74) is 2.81. The highest BCUT2D eigenvalue weighted by Crippen LogP contribution is 2.37. The summed E-state index contributed by atoms with van der Waals surface area (Å²) in [6.45, 7) is 4.12. The SMILES string of the molecule is C=C(c1cc(Oc2ccccc2)cc(-c2cccc(F)c2)c1)c1sc(=S)[nH]c1O. The highest BCUT2D eigenvalue weighted by molar-refractivity contribution is 7.73. The molecule has 1 aromatic heterocycles. The minimum absolute atomic E-state index is 0.0216. The molecule has 3 aromatic carbocycles. The summed E-state index contributed by atoms with van der Waals surface area (Å²) in [7, 11) is 0. The summed E-state index contributed by atoms with van der Waals surface area (Å²) < 4.78 is 20.3. The lowest BCUT2D eigenvalue weighted by Crippen LogP contribution is -1.91. The molecule has 0 bridgehead atoms. The Morgan fingerprint density at radius 2 is 1.76 bits per heavy atom. The van der Waals surface area contributed by atoms with E-state index in [2.05, 4.69) is 11.6 Å². The molecule has 4 aromatic rings. The Morgan fingerprint density at radius 1 is 0.966 bits per heavy atom. The summed E-state index contributed by atoms with van der Waals surface area (Å²) in [5, 5.41) is 10.1. The number of para-hydroxylation sites is 1. The Hall–Kier alpha value is -3.22. The van der Waals surface area contributed by atoms with Crippen molar-refractivity contribution in [3.8, 4) is 28.5 Å². The number of hydrogen-bond acceptors (Lipinski definition) is 4. The third-order valence-corrected chi connectivity index (χ3v) is 5.58. The zero-order chi connectivity index (χ0) is 20.4. The monoisotopic (exact) mass is 421 g/mol. The van der Waals surface area contributed by atoms with Gasteiger partial charge in [-0.2, -0.15) is 0 Å². The van der Waals surface area contributed by atoms with Gasteiger partial charge in [0.15, 0.2) is 3.95 Å². The normalized spacial score (nSPS) is 10.7. The van der Waals surface area contributed by atoms with E-state index in [4.69, 9.17) is 17.0 Å². The van der Waals surface area contributed by atoms with E-state index < -0.39 is 0 Å². The molecule has 0 saturated heterocycles. The van der Waals surface area contributed by atoms with Crippen molar-refractivity contribution in [1.29, 1.82) is 0 Å². The molecular weight excluding hydrogens is 405 g/mol. The highest BCUT2D eigenvalue weighted by atomic mass is 32.1. The molecule has 6 heteroatoms. The van der Waals surface area contributed by atoms with Gasteiger partial charge in [0.1, 0.15) is 17.3 Å². The molecule has 0 unspecified atom stereocenters. The lowest BCUT2D eigenvalue weighted by Gasteiger charge is -2.13. The summed E-state index contributed by atoms with van der Waals surface area (Å²) in [5.74, 6) is 0.915. The second-order valence-corrected chi connectivity index (χ2v) is 8.03. The van der Waals surface area contributed by atoms with Crippen LogP contribution in [0.3, 0.4) is 0 Å². The average Bonchev–Trinajstić information content (AvgIpc) is 3.06. The van der Waals surface area contributed by atoms with Crippen LogP contribution in [-0.2, 0) is 0 Å². The van der Waals surface area contributed by atoms with Crippen LogP contribution >= 0.6 is 23.6 Å². The van der Waals surface area contributed by atoms with Crippen molar-refractivity contribution in [3.05, 3.63) is 99.6 Å². The van der Waals surface area contributed by atoms with Gasteiger partial charge in [-0.1, -0.05) is 36.9 Å². The van der Waals surface area contributed by atoms with Crippen LogP contribution < -0.4 is 4.74 Å². The number of nitrogens with one attached hydrogen (secondary N) is 1. The van der Waals surface area contributed by atoms with Gasteiger partial charge in [-0.15, -0.1) is 11.3 Å². The second kappa shape index (κ2) is 8.03. The first-order valence-electron chi connectivity index (χ1n) is 8.75. The Kier molecular flexibility index (Phi) is 5.29. The number of benzene rings is 3. The maximum atomic E-state index is 13.8. The van der Waals surface area contributed by atoms with E-state index in [1.54, 1.807) is 6.07 Å². The third kappa shape index (κ3) is 4.29. The lowest BCUT2D eigenvalue weighted by atomic mass is 9.98. The molecule has 0 amide bonds. The number of aromatic nitrogens is 1. The van der Waals surface area contributed by atoms with Crippen LogP contribution in [0.15, 0.2) is 79.4 Å². The molecule has 0 aliphatic carbocycles. The topological polar surface area (TPSA) is 45.2 Å². The molecule has 0 aliphatic rings. The number of halogens is 1. The van der Waals surface area contributed by atoms with Gasteiger partial charge in [-0.05, 0) is 76.9 Å². The van der Waals surface area contributed by atoms with Crippen molar-refractivity contribution in [1.82, 2.24) is 4.98 Å². The van der Waals surface area contributed by atoms with Gasteiger partial charge in [0.25, 0.3) is 0 Å². The van der Waals surface area contributed by atoms with Crippen LogP contribution in [0, 0.1) is 9.77 Å².